The molecule has 1 N–H and O–H groups in total. The molecule has 6 rings (SSSR count). The van der Waals surface area contributed by atoms with Crippen LogP contribution in [0.5, 0.6) is 0 Å². The Morgan fingerprint density at radius 2 is 1.68 bits per heavy atom. The summed E-state index contributed by atoms with van der Waals surface area (Å²) in [5.41, 5.74) is 1.72. The summed E-state index contributed by atoms with van der Waals surface area (Å²) in [5, 5.41) is 3.96. The molecule has 5 heterocycles. The molecule has 2 atom stereocenters. The second-order valence-corrected chi connectivity index (χ2v) is 10.8. The Labute approximate surface area is 232 Å². The van der Waals surface area contributed by atoms with E-state index in [1.165, 1.54) is 12.1 Å². The maximum absolute atomic E-state index is 15.2. The van der Waals surface area contributed by atoms with Gasteiger partial charge >= 0.3 is 0 Å². The lowest BCUT2D eigenvalue weighted by molar-refractivity contribution is -0.0709. The topological polar surface area (TPSA) is 74.6 Å². The van der Waals surface area contributed by atoms with Crippen molar-refractivity contribution in [3.05, 3.63) is 66.1 Å². The van der Waals surface area contributed by atoms with Crippen LogP contribution in [0.4, 0.5) is 26.2 Å². The summed E-state index contributed by atoms with van der Waals surface area (Å²) in [7, 11) is 2.13. The normalized spacial score (nSPS) is 20.8. The Bertz CT molecular complexity index is 1450. The second-order valence-electron chi connectivity index (χ2n) is 10.8. The molecule has 210 valence electrons. The smallest absolute Gasteiger partial charge is 0.229 e. The Kier molecular flexibility index (Phi) is 7.35. The van der Waals surface area contributed by atoms with Gasteiger partial charge in [-0.1, -0.05) is 0 Å². The summed E-state index contributed by atoms with van der Waals surface area (Å²) in [4.78, 5) is 20.3. The number of piperazine rings is 1. The van der Waals surface area contributed by atoms with E-state index in [-0.39, 0.29) is 24.3 Å². The first-order valence-corrected chi connectivity index (χ1v) is 13.7. The van der Waals surface area contributed by atoms with Crippen molar-refractivity contribution in [3.63, 3.8) is 0 Å². The standard InChI is InChI=1S/C29H34F2N8O/c1-19-16-37(17-20(2)40-19)18-24-25(30)12-23(13-26(24)31)39-7-6-21-14-33-29(35-28(21)39)34-22-4-5-27(32-15-22)38-10-8-36(3)9-11-38/h4-7,12-15,19-20H,8-11,16-18H2,1-3H3,(H,33,34,35)/t19-,20+. The van der Waals surface area contributed by atoms with Crippen molar-refractivity contribution in [2.24, 2.45) is 0 Å². The Hall–Kier alpha value is -3.67. The summed E-state index contributed by atoms with van der Waals surface area (Å²) < 4.78 is 37.9. The van der Waals surface area contributed by atoms with Crippen molar-refractivity contribution >= 4 is 28.5 Å². The van der Waals surface area contributed by atoms with Gasteiger partial charge in [0.15, 0.2) is 0 Å². The average Bonchev–Trinajstić information content (AvgIpc) is 3.34. The van der Waals surface area contributed by atoms with Gasteiger partial charge in [0.1, 0.15) is 23.1 Å². The largest absolute Gasteiger partial charge is 0.373 e. The maximum Gasteiger partial charge on any atom is 0.229 e. The predicted molar refractivity (Wildman–Crippen MR) is 151 cm³/mol. The van der Waals surface area contributed by atoms with Crippen LogP contribution in [-0.2, 0) is 11.3 Å². The lowest BCUT2D eigenvalue weighted by Crippen LogP contribution is -2.45. The Balaban J connectivity index is 1.20. The monoisotopic (exact) mass is 548 g/mol. The molecule has 0 radical (unpaired) electrons. The van der Waals surface area contributed by atoms with Crippen molar-refractivity contribution in [3.8, 4) is 5.69 Å². The van der Waals surface area contributed by atoms with E-state index in [4.69, 9.17) is 4.74 Å². The minimum atomic E-state index is -0.581. The van der Waals surface area contributed by atoms with Crippen molar-refractivity contribution < 1.29 is 13.5 Å². The number of hydrogen-bond acceptors (Lipinski definition) is 8. The number of ether oxygens (including phenoxy) is 1. The van der Waals surface area contributed by atoms with Gasteiger partial charge in [-0.15, -0.1) is 0 Å². The molecule has 0 saturated carbocycles. The highest BCUT2D eigenvalue weighted by Crippen LogP contribution is 2.26. The number of aromatic nitrogens is 4. The molecule has 0 aliphatic carbocycles. The van der Waals surface area contributed by atoms with Gasteiger partial charge in [0, 0.05) is 69.2 Å². The zero-order valence-corrected chi connectivity index (χ0v) is 23.0. The zero-order valence-electron chi connectivity index (χ0n) is 23.0. The number of fused-ring (bicyclic) bond motifs is 1. The van der Waals surface area contributed by atoms with Gasteiger partial charge in [-0.2, -0.15) is 4.98 Å². The minimum Gasteiger partial charge on any atom is -0.373 e. The number of nitrogens with one attached hydrogen (secondary N) is 1. The lowest BCUT2D eigenvalue weighted by atomic mass is 10.1. The first kappa shape index (κ1) is 26.5. The first-order valence-electron chi connectivity index (χ1n) is 13.7. The molecule has 0 spiro atoms. The van der Waals surface area contributed by atoms with E-state index >= 15 is 8.78 Å². The molecule has 9 nitrogen and oxygen atoms in total. The van der Waals surface area contributed by atoms with Gasteiger partial charge in [-0.3, -0.25) is 4.90 Å². The van der Waals surface area contributed by atoms with E-state index in [0.717, 1.165) is 43.1 Å². The van der Waals surface area contributed by atoms with Gasteiger partial charge in [0.05, 0.1) is 29.8 Å². The molecule has 0 bridgehead atoms. The third kappa shape index (κ3) is 5.63. The molecule has 1 aromatic carbocycles. The Morgan fingerprint density at radius 3 is 2.35 bits per heavy atom. The minimum absolute atomic E-state index is 0.0218. The molecule has 2 aliphatic rings. The van der Waals surface area contributed by atoms with Crippen molar-refractivity contribution in [2.75, 3.05) is 56.5 Å². The summed E-state index contributed by atoms with van der Waals surface area (Å²) in [6, 6.07) is 8.49. The summed E-state index contributed by atoms with van der Waals surface area (Å²) in [5.74, 6) is 0.147. The predicted octanol–water partition coefficient (Wildman–Crippen LogP) is 4.20. The highest BCUT2D eigenvalue weighted by atomic mass is 19.1. The van der Waals surface area contributed by atoms with Gasteiger partial charge in [0.2, 0.25) is 5.95 Å². The van der Waals surface area contributed by atoms with Gasteiger partial charge in [-0.25, -0.2) is 18.7 Å². The third-order valence-corrected chi connectivity index (χ3v) is 7.54. The van der Waals surface area contributed by atoms with E-state index in [9.17, 15) is 0 Å². The Morgan fingerprint density at radius 1 is 0.950 bits per heavy atom. The van der Waals surface area contributed by atoms with Crippen LogP contribution in [0.15, 0.2) is 48.9 Å². The number of likely N-dealkylation sites (N-methyl/N-ethyl adjacent to an activating group) is 1. The molecular formula is C29H34F2N8O. The van der Waals surface area contributed by atoms with Crippen LogP contribution in [0.25, 0.3) is 16.7 Å². The molecule has 2 fully saturated rings. The number of nitrogens with zero attached hydrogens (tertiary/aromatic N) is 7. The van der Waals surface area contributed by atoms with E-state index < -0.39 is 11.6 Å². The van der Waals surface area contributed by atoms with Crippen LogP contribution in [0.2, 0.25) is 0 Å². The van der Waals surface area contributed by atoms with Crippen LogP contribution in [0.3, 0.4) is 0 Å². The lowest BCUT2D eigenvalue weighted by Gasteiger charge is -2.35. The van der Waals surface area contributed by atoms with Gasteiger partial charge in [0.25, 0.3) is 0 Å². The molecule has 2 aliphatic heterocycles. The van der Waals surface area contributed by atoms with Crippen LogP contribution >= 0.6 is 0 Å². The van der Waals surface area contributed by atoms with Crippen LogP contribution in [-0.4, -0.2) is 87.8 Å². The van der Waals surface area contributed by atoms with E-state index in [1.54, 1.807) is 23.2 Å². The molecule has 2 saturated heterocycles. The average molecular weight is 549 g/mol. The van der Waals surface area contributed by atoms with Crippen LogP contribution < -0.4 is 10.2 Å². The second kappa shape index (κ2) is 11.1. The summed E-state index contributed by atoms with van der Waals surface area (Å²) in [6.07, 6.45) is 5.24. The zero-order chi connectivity index (χ0) is 27.8. The number of hydrogen-bond donors (Lipinski definition) is 1. The van der Waals surface area contributed by atoms with Crippen molar-refractivity contribution in [1.29, 1.82) is 0 Å². The quantitative estimate of drug-likeness (QED) is 0.385. The molecule has 3 aromatic heterocycles. The summed E-state index contributed by atoms with van der Waals surface area (Å²) in [6.45, 7) is 9.32. The number of halogens is 2. The number of pyridine rings is 1. The highest BCUT2D eigenvalue weighted by Gasteiger charge is 2.25. The van der Waals surface area contributed by atoms with E-state index in [2.05, 4.69) is 37.1 Å². The highest BCUT2D eigenvalue weighted by molar-refractivity contribution is 5.78. The van der Waals surface area contributed by atoms with Gasteiger partial charge < -0.3 is 24.4 Å². The number of morpholine rings is 1. The SMILES string of the molecule is C[C@@H]1CN(Cc2c(F)cc(-n3ccc4cnc(Nc5ccc(N6CCN(C)CC6)nc5)nc43)cc2F)C[C@H](C)O1. The van der Waals surface area contributed by atoms with Crippen molar-refractivity contribution in [2.45, 2.75) is 32.6 Å². The van der Waals surface area contributed by atoms with E-state index in [1.807, 2.05) is 36.9 Å². The fourth-order valence-electron chi connectivity index (χ4n) is 5.52. The molecule has 0 unspecified atom stereocenters. The summed E-state index contributed by atoms with van der Waals surface area (Å²) >= 11 is 0. The molecule has 4 aromatic rings. The molecule has 0 amide bonds. The van der Waals surface area contributed by atoms with Crippen LogP contribution in [0, 0.1) is 11.6 Å². The number of anilines is 3. The molecular weight excluding hydrogens is 514 g/mol. The molecule has 11 heteroatoms. The fraction of sp³-hybridized carbons (Fsp3) is 0.414. The third-order valence-electron chi connectivity index (χ3n) is 7.54. The number of benzene rings is 1. The number of rotatable bonds is 6. The fourth-order valence-corrected chi connectivity index (χ4v) is 5.52. The van der Waals surface area contributed by atoms with Crippen molar-refractivity contribution in [1.82, 2.24) is 29.3 Å². The molecule has 40 heavy (non-hydrogen) atoms. The maximum atomic E-state index is 15.2. The first-order chi connectivity index (χ1) is 19.3. The van der Waals surface area contributed by atoms with E-state index in [0.29, 0.717) is 30.4 Å². The van der Waals surface area contributed by atoms with Crippen LogP contribution in [0.1, 0.15) is 19.4 Å². The van der Waals surface area contributed by atoms with Gasteiger partial charge in [-0.05, 0) is 51.2 Å².